The molecule has 1 N–H and O–H groups in total. The molecule has 0 heterocycles. The number of benzene rings is 3. The number of hydrogen-bond acceptors (Lipinski definition) is 4. The third-order valence-electron chi connectivity index (χ3n) is 6.70. The van der Waals surface area contributed by atoms with Gasteiger partial charge in [-0.3, -0.25) is 13.9 Å². The van der Waals surface area contributed by atoms with Crippen LogP contribution in [-0.2, 0) is 32.6 Å². The van der Waals surface area contributed by atoms with Crippen molar-refractivity contribution in [3.8, 4) is 0 Å². The van der Waals surface area contributed by atoms with Gasteiger partial charge >= 0.3 is 0 Å². The molecule has 0 aromatic heterocycles. The maximum absolute atomic E-state index is 14.8. The lowest BCUT2D eigenvalue weighted by Gasteiger charge is -2.32. The Kier molecular flexibility index (Phi) is 11.5. The van der Waals surface area contributed by atoms with Crippen LogP contribution in [0.4, 0.5) is 10.1 Å². The van der Waals surface area contributed by atoms with Gasteiger partial charge in [0.15, 0.2) is 0 Å². The normalized spacial score (nSPS) is 12.1. The summed E-state index contributed by atoms with van der Waals surface area (Å²) in [5.41, 5.74) is 2.61. The Balaban J connectivity index is 1.89. The van der Waals surface area contributed by atoms with Gasteiger partial charge in [-0.15, -0.1) is 0 Å². The second-order valence-electron chi connectivity index (χ2n) is 10.7. The number of anilines is 1. The zero-order valence-electron chi connectivity index (χ0n) is 24.2. The molecule has 0 saturated carbocycles. The molecule has 3 rings (SSSR count). The smallest absolute Gasteiger partial charge is 0.243 e. The van der Waals surface area contributed by atoms with Gasteiger partial charge in [0.1, 0.15) is 11.9 Å². The van der Waals surface area contributed by atoms with E-state index in [4.69, 9.17) is 0 Å². The number of halogens is 1. The van der Waals surface area contributed by atoms with Crippen LogP contribution in [-0.4, -0.2) is 50.5 Å². The summed E-state index contributed by atoms with van der Waals surface area (Å²) in [7, 11) is -3.60. The highest BCUT2D eigenvalue weighted by molar-refractivity contribution is 7.92. The van der Waals surface area contributed by atoms with Gasteiger partial charge in [0, 0.05) is 38.0 Å². The third kappa shape index (κ3) is 9.70. The number of rotatable bonds is 14. The minimum absolute atomic E-state index is 0.0188. The number of carbonyl (C=O) groups is 2. The first-order valence-corrected chi connectivity index (χ1v) is 15.7. The molecule has 7 nitrogen and oxygen atoms in total. The molecule has 0 aliphatic rings. The predicted octanol–water partition coefficient (Wildman–Crippen LogP) is 5.09. The lowest BCUT2D eigenvalue weighted by atomic mass is 10.0. The zero-order valence-corrected chi connectivity index (χ0v) is 25.0. The van der Waals surface area contributed by atoms with Crippen molar-refractivity contribution in [2.24, 2.45) is 5.92 Å². The van der Waals surface area contributed by atoms with Crippen LogP contribution in [0.3, 0.4) is 0 Å². The first kappa shape index (κ1) is 31.8. The minimum Gasteiger partial charge on any atom is -0.354 e. The molecule has 2 amide bonds. The zero-order chi connectivity index (χ0) is 30.0. The van der Waals surface area contributed by atoms with Crippen LogP contribution in [0.1, 0.15) is 43.4 Å². The summed E-state index contributed by atoms with van der Waals surface area (Å²) in [4.78, 5) is 28.8. The van der Waals surface area contributed by atoms with Crippen LogP contribution in [0.2, 0.25) is 0 Å². The molecule has 0 fully saturated rings. The van der Waals surface area contributed by atoms with Gasteiger partial charge < -0.3 is 10.2 Å². The van der Waals surface area contributed by atoms with Crippen molar-refractivity contribution >= 4 is 27.5 Å². The molecule has 1 atom stereocenters. The van der Waals surface area contributed by atoms with E-state index >= 15 is 0 Å². The Morgan fingerprint density at radius 2 is 1.63 bits per heavy atom. The SMILES string of the molecule is Cc1cccc(N(CCCC(=O)N(Cc2ccccc2F)C(Cc2ccccc2)C(=O)NCC(C)C)S(C)(=O)=O)c1. The van der Waals surface area contributed by atoms with Crippen LogP contribution in [0.25, 0.3) is 0 Å². The molecule has 0 aliphatic heterocycles. The van der Waals surface area contributed by atoms with E-state index < -0.39 is 21.9 Å². The molecule has 0 radical (unpaired) electrons. The predicted molar refractivity (Wildman–Crippen MR) is 161 cm³/mol. The Morgan fingerprint density at radius 1 is 0.951 bits per heavy atom. The van der Waals surface area contributed by atoms with Gasteiger partial charge in [-0.25, -0.2) is 12.8 Å². The van der Waals surface area contributed by atoms with Crippen molar-refractivity contribution in [1.29, 1.82) is 0 Å². The Labute approximate surface area is 243 Å². The first-order valence-electron chi connectivity index (χ1n) is 13.8. The summed E-state index contributed by atoms with van der Waals surface area (Å²) in [6, 6.07) is 21.9. The first-order chi connectivity index (χ1) is 19.5. The third-order valence-corrected chi connectivity index (χ3v) is 7.89. The number of amides is 2. The maximum Gasteiger partial charge on any atom is 0.243 e. The molecule has 220 valence electrons. The van der Waals surface area contributed by atoms with E-state index in [2.05, 4.69) is 5.32 Å². The highest BCUT2D eigenvalue weighted by atomic mass is 32.2. The van der Waals surface area contributed by atoms with E-state index in [0.29, 0.717) is 17.8 Å². The second kappa shape index (κ2) is 14.8. The van der Waals surface area contributed by atoms with Crippen LogP contribution in [0.5, 0.6) is 0 Å². The lowest BCUT2D eigenvalue weighted by molar-refractivity contribution is -0.141. The number of sulfonamides is 1. The van der Waals surface area contributed by atoms with E-state index in [9.17, 15) is 22.4 Å². The molecule has 0 spiro atoms. The van der Waals surface area contributed by atoms with E-state index in [0.717, 1.165) is 17.4 Å². The number of nitrogens with one attached hydrogen (secondary N) is 1. The Hall–Kier alpha value is -3.72. The molecule has 0 bridgehead atoms. The molecule has 9 heteroatoms. The standard InChI is InChI=1S/C32H40FN3O4S/c1-24(2)22-34-32(38)30(21-26-13-6-5-7-14-26)35(23-27-15-8-9-17-29(27)33)31(37)18-11-19-36(41(4,39)40)28-16-10-12-25(3)20-28/h5-10,12-17,20,24,30H,11,18-19,21-23H2,1-4H3,(H,34,38). The minimum atomic E-state index is -3.60. The van der Waals surface area contributed by atoms with Gasteiger partial charge in [0.2, 0.25) is 21.8 Å². The molecular formula is C32H40FN3O4S. The maximum atomic E-state index is 14.8. The number of hydrogen-bond donors (Lipinski definition) is 1. The largest absolute Gasteiger partial charge is 0.354 e. The molecule has 0 saturated heterocycles. The van der Waals surface area contributed by atoms with Crippen molar-refractivity contribution in [2.75, 3.05) is 23.7 Å². The number of aryl methyl sites for hydroxylation is 1. The Morgan fingerprint density at radius 3 is 2.27 bits per heavy atom. The Bertz CT molecular complexity index is 1410. The van der Waals surface area contributed by atoms with Crippen LogP contribution < -0.4 is 9.62 Å². The van der Waals surface area contributed by atoms with E-state index in [1.807, 2.05) is 57.2 Å². The summed E-state index contributed by atoms with van der Waals surface area (Å²) >= 11 is 0. The van der Waals surface area contributed by atoms with Gasteiger partial charge in [0.05, 0.1) is 11.9 Å². The summed E-state index contributed by atoms with van der Waals surface area (Å²) < 4.78 is 41.2. The van der Waals surface area contributed by atoms with Crippen molar-refractivity contribution in [2.45, 2.75) is 52.6 Å². The van der Waals surface area contributed by atoms with Crippen molar-refractivity contribution < 1.29 is 22.4 Å². The fourth-order valence-electron chi connectivity index (χ4n) is 4.57. The van der Waals surface area contributed by atoms with Crippen molar-refractivity contribution in [1.82, 2.24) is 10.2 Å². The van der Waals surface area contributed by atoms with Crippen molar-refractivity contribution in [3.63, 3.8) is 0 Å². The lowest BCUT2D eigenvalue weighted by Crippen LogP contribution is -2.51. The van der Waals surface area contributed by atoms with Crippen LogP contribution in [0.15, 0.2) is 78.9 Å². The molecular weight excluding hydrogens is 541 g/mol. The van der Waals surface area contributed by atoms with E-state index in [1.54, 1.807) is 36.4 Å². The average molecular weight is 582 g/mol. The fourth-order valence-corrected chi connectivity index (χ4v) is 5.53. The monoisotopic (exact) mass is 581 g/mol. The molecule has 3 aromatic carbocycles. The van der Waals surface area contributed by atoms with Gasteiger partial charge in [0.25, 0.3) is 0 Å². The van der Waals surface area contributed by atoms with Crippen LogP contribution in [0, 0.1) is 18.7 Å². The highest BCUT2D eigenvalue weighted by Crippen LogP contribution is 2.21. The van der Waals surface area contributed by atoms with Gasteiger partial charge in [-0.2, -0.15) is 0 Å². The van der Waals surface area contributed by atoms with E-state index in [-0.39, 0.29) is 50.1 Å². The quantitative estimate of drug-likeness (QED) is 0.287. The van der Waals surface area contributed by atoms with Crippen LogP contribution >= 0.6 is 0 Å². The summed E-state index contributed by atoms with van der Waals surface area (Å²) in [5, 5.41) is 2.95. The fraction of sp³-hybridized carbons (Fsp3) is 0.375. The van der Waals surface area contributed by atoms with E-state index in [1.165, 1.54) is 15.3 Å². The molecule has 41 heavy (non-hydrogen) atoms. The summed E-state index contributed by atoms with van der Waals surface area (Å²) in [6.07, 6.45) is 1.59. The topological polar surface area (TPSA) is 86.8 Å². The number of carbonyl (C=O) groups excluding carboxylic acids is 2. The van der Waals surface area contributed by atoms with Gasteiger partial charge in [-0.05, 0) is 48.6 Å². The number of nitrogens with zero attached hydrogens (tertiary/aromatic N) is 2. The van der Waals surface area contributed by atoms with Crippen molar-refractivity contribution in [3.05, 3.63) is 101 Å². The second-order valence-corrected chi connectivity index (χ2v) is 12.6. The average Bonchev–Trinajstić information content (AvgIpc) is 2.92. The molecule has 3 aromatic rings. The van der Waals surface area contributed by atoms with Gasteiger partial charge in [-0.1, -0.05) is 74.5 Å². The molecule has 1 unspecified atom stereocenters. The summed E-state index contributed by atoms with van der Waals surface area (Å²) in [5.74, 6) is -0.930. The molecule has 0 aliphatic carbocycles. The summed E-state index contributed by atoms with van der Waals surface area (Å²) in [6.45, 7) is 6.28. The highest BCUT2D eigenvalue weighted by Gasteiger charge is 2.31.